The van der Waals surface area contributed by atoms with Crippen molar-refractivity contribution in [2.45, 2.75) is 23.9 Å². The molecule has 1 nitrogen and oxygen atoms in total. The lowest BCUT2D eigenvalue weighted by molar-refractivity contribution is -0.336. The van der Waals surface area contributed by atoms with Crippen molar-refractivity contribution in [1.29, 1.82) is 0 Å². The molecule has 0 heterocycles. The summed E-state index contributed by atoms with van der Waals surface area (Å²) in [4.78, 5) is 0. The summed E-state index contributed by atoms with van der Waals surface area (Å²) in [6, 6.07) is 5.80. The zero-order valence-electron chi connectivity index (χ0n) is 12.5. The summed E-state index contributed by atoms with van der Waals surface area (Å²) in [6.45, 7) is 0. The average Bonchev–Trinajstić information content (AvgIpc) is 2.52. The maximum absolute atomic E-state index is 14.2. The normalized spacial score (nSPS) is 15.6. The molecule has 0 aliphatic rings. The van der Waals surface area contributed by atoms with Crippen LogP contribution < -0.4 is 0 Å². The molecule has 0 bridgehead atoms. The molecule has 2 rings (SSSR count). The van der Waals surface area contributed by atoms with Gasteiger partial charge in [0.1, 0.15) is 0 Å². The number of alkyl halides is 8. The molecular formula is C16H9BrF8O. The van der Waals surface area contributed by atoms with Crippen LogP contribution >= 0.6 is 15.9 Å². The van der Waals surface area contributed by atoms with Crippen molar-refractivity contribution in [3.63, 3.8) is 0 Å². The molecule has 10 heteroatoms. The second-order valence-corrected chi connectivity index (χ2v) is 6.19. The summed E-state index contributed by atoms with van der Waals surface area (Å²) in [6.07, 6.45) is -11.0. The fraction of sp³-hybridized carbons (Fsp3) is 0.250. The first-order valence-corrected chi connectivity index (χ1v) is 7.62. The molecule has 0 saturated heterocycles. The molecule has 142 valence electrons. The molecule has 0 spiro atoms. The second-order valence-electron chi connectivity index (χ2n) is 5.34. The van der Waals surface area contributed by atoms with Crippen LogP contribution in [0, 0.1) is 0 Å². The van der Waals surface area contributed by atoms with Gasteiger partial charge in [0, 0.05) is 10.0 Å². The first-order chi connectivity index (χ1) is 11.7. The van der Waals surface area contributed by atoms with Gasteiger partial charge in [0.25, 0.3) is 0 Å². The lowest BCUT2D eigenvalue weighted by Crippen LogP contribution is -2.55. The summed E-state index contributed by atoms with van der Waals surface area (Å²) >= 11 is 2.79. The van der Waals surface area contributed by atoms with E-state index in [1.54, 1.807) is 0 Å². The highest BCUT2D eigenvalue weighted by Gasteiger charge is 2.71. The predicted octanol–water partition coefficient (Wildman–Crippen LogP) is 5.90. The Bertz CT molecular complexity index is 782. The number of benzene rings is 2. The van der Waals surface area contributed by atoms with E-state index in [1.165, 1.54) is 6.07 Å². The smallest absolute Gasteiger partial charge is 0.374 e. The molecule has 0 aliphatic heterocycles. The summed E-state index contributed by atoms with van der Waals surface area (Å²) in [5.74, 6) is -5.69. The number of rotatable bonds is 3. The Morgan fingerprint density at radius 1 is 0.692 bits per heavy atom. The van der Waals surface area contributed by atoms with Crippen LogP contribution in [0.25, 0.3) is 0 Å². The average molecular weight is 449 g/mol. The zero-order chi connectivity index (χ0) is 20.0. The standard InChI is InChI=1S/C16H9BrF8O/c17-12-4-2-1-3-11(12)13(26,15(21,22)16(23,24)25)9-5-7-10(8-6-9)14(18,19)20/h1-8,26H. The fourth-order valence-corrected chi connectivity index (χ4v) is 2.94. The van der Waals surface area contributed by atoms with E-state index < -0.39 is 40.6 Å². The molecule has 0 aromatic heterocycles. The number of hydrogen-bond donors (Lipinski definition) is 1. The maximum atomic E-state index is 14.2. The molecule has 26 heavy (non-hydrogen) atoms. The summed E-state index contributed by atoms with van der Waals surface area (Å²) < 4.78 is 105. The van der Waals surface area contributed by atoms with E-state index in [1.807, 2.05) is 0 Å². The monoisotopic (exact) mass is 448 g/mol. The minimum Gasteiger partial charge on any atom is -0.374 e. The van der Waals surface area contributed by atoms with Gasteiger partial charge in [-0.05, 0) is 23.8 Å². The molecule has 2 aromatic rings. The Labute approximate surface area is 150 Å². The van der Waals surface area contributed by atoms with Gasteiger partial charge in [0.15, 0.2) is 5.60 Å². The van der Waals surface area contributed by atoms with Crippen LogP contribution in [-0.2, 0) is 11.8 Å². The summed E-state index contributed by atoms with van der Waals surface area (Å²) in [5.41, 5.74) is -7.09. The third kappa shape index (κ3) is 3.32. The van der Waals surface area contributed by atoms with Gasteiger partial charge < -0.3 is 5.11 Å². The minimum absolute atomic E-state index is 0.272. The molecule has 1 atom stereocenters. The molecule has 0 aliphatic carbocycles. The van der Waals surface area contributed by atoms with E-state index in [-0.39, 0.29) is 4.47 Å². The van der Waals surface area contributed by atoms with E-state index in [9.17, 15) is 40.2 Å². The third-order valence-corrected chi connectivity index (χ3v) is 4.40. The Morgan fingerprint density at radius 3 is 1.58 bits per heavy atom. The Hall–Kier alpha value is -1.68. The second kappa shape index (κ2) is 6.49. The lowest BCUT2D eigenvalue weighted by atomic mass is 9.80. The first-order valence-electron chi connectivity index (χ1n) is 6.82. The van der Waals surface area contributed by atoms with E-state index >= 15 is 0 Å². The molecule has 0 fully saturated rings. The molecule has 0 saturated carbocycles. The van der Waals surface area contributed by atoms with Crippen molar-refractivity contribution in [2.75, 3.05) is 0 Å². The van der Waals surface area contributed by atoms with Crippen LogP contribution in [0.3, 0.4) is 0 Å². The van der Waals surface area contributed by atoms with Crippen LogP contribution in [0.4, 0.5) is 35.1 Å². The van der Waals surface area contributed by atoms with Crippen molar-refractivity contribution in [3.8, 4) is 0 Å². The van der Waals surface area contributed by atoms with Crippen molar-refractivity contribution in [3.05, 3.63) is 69.7 Å². The first kappa shape index (κ1) is 20.6. The van der Waals surface area contributed by atoms with Crippen molar-refractivity contribution < 1.29 is 40.2 Å². The largest absolute Gasteiger partial charge is 0.457 e. The SMILES string of the molecule is OC(c1ccc(C(F)(F)F)cc1)(c1ccccc1Br)C(F)(F)C(F)(F)F. The van der Waals surface area contributed by atoms with Crippen LogP contribution in [0.5, 0.6) is 0 Å². The number of hydrogen-bond acceptors (Lipinski definition) is 1. The van der Waals surface area contributed by atoms with Gasteiger partial charge >= 0.3 is 18.3 Å². The Kier molecular flexibility index (Phi) is 5.15. The van der Waals surface area contributed by atoms with Crippen LogP contribution in [0.1, 0.15) is 16.7 Å². The van der Waals surface area contributed by atoms with Crippen LogP contribution in [-0.4, -0.2) is 17.2 Å². The van der Waals surface area contributed by atoms with Crippen molar-refractivity contribution in [1.82, 2.24) is 0 Å². The van der Waals surface area contributed by atoms with Gasteiger partial charge in [0.2, 0.25) is 0 Å². The van der Waals surface area contributed by atoms with E-state index in [0.717, 1.165) is 18.2 Å². The van der Waals surface area contributed by atoms with Crippen molar-refractivity contribution >= 4 is 15.9 Å². The highest BCUT2D eigenvalue weighted by Crippen LogP contribution is 2.53. The number of halogens is 9. The van der Waals surface area contributed by atoms with E-state index in [2.05, 4.69) is 15.9 Å². The van der Waals surface area contributed by atoms with Gasteiger partial charge in [-0.15, -0.1) is 0 Å². The van der Waals surface area contributed by atoms with Gasteiger partial charge in [-0.1, -0.05) is 46.3 Å². The van der Waals surface area contributed by atoms with Gasteiger partial charge in [-0.3, -0.25) is 0 Å². The highest BCUT2D eigenvalue weighted by molar-refractivity contribution is 9.10. The summed E-state index contributed by atoms with van der Waals surface area (Å²) in [5, 5.41) is 10.5. The van der Waals surface area contributed by atoms with Crippen LogP contribution in [0.15, 0.2) is 53.0 Å². The number of aliphatic hydroxyl groups is 1. The molecule has 1 N–H and O–H groups in total. The fourth-order valence-electron chi connectivity index (χ4n) is 2.37. The molecular weight excluding hydrogens is 440 g/mol. The minimum atomic E-state index is -6.17. The van der Waals surface area contributed by atoms with Gasteiger partial charge in [-0.25, -0.2) is 0 Å². The summed E-state index contributed by atoms with van der Waals surface area (Å²) in [7, 11) is 0. The van der Waals surface area contributed by atoms with Crippen LogP contribution in [0.2, 0.25) is 0 Å². The quantitative estimate of drug-likeness (QED) is 0.579. The van der Waals surface area contributed by atoms with Gasteiger partial charge in [0.05, 0.1) is 5.56 Å². The Balaban J connectivity index is 2.76. The molecule has 0 amide bonds. The van der Waals surface area contributed by atoms with E-state index in [4.69, 9.17) is 0 Å². The Morgan fingerprint density at radius 2 is 1.15 bits per heavy atom. The molecule has 0 radical (unpaired) electrons. The highest BCUT2D eigenvalue weighted by atomic mass is 79.9. The molecule has 1 unspecified atom stereocenters. The van der Waals surface area contributed by atoms with Gasteiger partial charge in [-0.2, -0.15) is 35.1 Å². The third-order valence-electron chi connectivity index (χ3n) is 3.70. The van der Waals surface area contributed by atoms with E-state index in [0.29, 0.717) is 24.3 Å². The predicted molar refractivity (Wildman–Crippen MR) is 79.6 cm³/mol. The maximum Gasteiger partial charge on any atom is 0.457 e. The topological polar surface area (TPSA) is 20.2 Å². The molecule has 2 aromatic carbocycles. The zero-order valence-corrected chi connectivity index (χ0v) is 14.1. The van der Waals surface area contributed by atoms with Crippen molar-refractivity contribution in [2.24, 2.45) is 0 Å². The lowest BCUT2D eigenvalue weighted by Gasteiger charge is -2.38.